The summed E-state index contributed by atoms with van der Waals surface area (Å²) < 4.78 is 27.1. The van der Waals surface area contributed by atoms with E-state index in [1.165, 1.54) is 36.0 Å². The lowest BCUT2D eigenvalue weighted by molar-refractivity contribution is 0.601. The predicted octanol–water partition coefficient (Wildman–Crippen LogP) is 3.08. The van der Waals surface area contributed by atoms with E-state index in [0.717, 1.165) is 4.90 Å². The minimum Gasteiger partial charge on any atom is -0.278 e. The average molecular weight is 304 g/mol. The van der Waals surface area contributed by atoms with E-state index < -0.39 is 10.0 Å². The molecule has 6 heteroatoms. The first-order chi connectivity index (χ1) is 9.56. The van der Waals surface area contributed by atoms with Gasteiger partial charge in [0.1, 0.15) is 0 Å². The molecule has 1 N–H and O–H groups in total. The quantitative estimate of drug-likeness (QED) is 0.881. The number of nitrogens with zero attached hydrogens (tertiary/aromatic N) is 1. The number of rotatable bonds is 4. The lowest BCUT2D eigenvalue weighted by atomic mass is 10.2. The molecule has 20 heavy (non-hydrogen) atoms. The summed E-state index contributed by atoms with van der Waals surface area (Å²) >= 11 is 1.47. The first-order valence-corrected chi connectivity index (χ1v) is 8.43. The van der Waals surface area contributed by atoms with Gasteiger partial charge in [0.25, 0.3) is 10.0 Å². The molecule has 0 aliphatic rings. The Morgan fingerprint density at radius 1 is 1.10 bits per heavy atom. The summed E-state index contributed by atoms with van der Waals surface area (Å²) in [6.45, 7) is 0. The van der Waals surface area contributed by atoms with Crippen LogP contribution in [0, 0.1) is 11.3 Å². The third-order valence-electron chi connectivity index (χ3n) is 2.65. The molecular formula is C14H12N2O2S2. The zero-order valence-electron chi connectivity index (χ0n) is 10.7. The fourth-order valence-corrected chi connectivity index (χ4v) is 3.34. The summed E-state index contributed by atoms with van der Waals surface area (Å²) in [6, 6.07) is 14.9. The Morgan fingerprint density at radius 3 is 2.35 bits per heavy atom. The second kappa shape index (κ2) is 5.99. The monoisotopic (exact) mass is 304 g/mol. The van der Waals surface area contributed by atoms with Gasteiger partial charge in [0.15, 0.2) is 0 Å². The Kier molecular flexibility index (Phi) is 4.32. The van der Waals surface area contributed by atoms with Gasteiger partial charge in [-0.3, -0.25) is 4.72 Å². The molecule has 2 aromatic carbocycles. The van der Waals surface area contributed by atoms with E-state index in [1.54, 1.807) is 12.1 Å². The van der Waals surface area contributed by atoms with E-state index in [1.807, 2.05) is 24.5 Å². The van der Waals surface area contributed by atoms with Crippen LogP contribution in [-0.2, 0) is 10.0 Å². The molecular weight excluding hydrogens is 292 g/mol. The fourth-order valence-electron chi connectivity index (χ4n) is 1.64. The van der Waals surface area contributed by atoms with Gasteiger partial charge in [0, 0.05) is 4.90 Å². The predicted molar refractivity (Wildman–Crippen MR) is 80.2 cm³/mol. The van der Waals surface area contributed by atoms with Crippen molar-refractivity contribution in [2.75, 3.05) is 11.0 Å². The number of hydrogen-bond acceptors (Lipinski definition) is 4. The second-order valence-electron chi connectivity index (χ2n) is 3.94. The van der Waals surface area contributed by atoms with Crippen LogP contribution in [0.25, 0.3) is 0 Å². The van der Waals surface area contributed by atoms with Crippen LogP contribution in [0.1, 0.15) is 5.56 Å². The van der Waals surface area contributed by atoms with Crippen LogP contribution >= 0.6 is 11.8 Å². The molecule has 2 rings (SSSR count). The Morgan fingerprint density at radius 2 is 1.75 bits per heavy atom. The minimum atomic E-state index is -3.64. The molecule has 0 saturated carbocycles. The van der Waals surface area contributed by atoms with Crippen molar-refractivity contribution < 1.29 is 8.42 Å². The van der Waals surface area contributed by atoms with Gasteiger partial charge >= 0.3 is 0 Å². The molecule has 0 saturated heterocycles. The molecule has 0 unspecified atom stereocenters. The molecule has 102 valence electrons. The molecule has 0 amide bonds. The second-order valence-corrected chi connectivity index (χ2v) is 6.47. The molecule has 2 aromatic rings. The molecule has 0 atom stereocenters. The smallest absolute Gasteiger partial charge is 0.261 e. The highest BCUT2D eigenvalue weighted by atomic mass is 32.2. The van der Waals surface area contributed by atoms with Gasteiger partial charge in [-0.1, -0.05) is 12.1 Å². The number of benzene rings is 2. The maximum absolute atomic E-state index is 12.3. The fraction of sp³-hybridized carbons (Fsp3) is 0.0714. The Hall–Kier alpha value is -1.97. The number of nitriles is 1. The summed E-state index contributed by atoms with van der Waals surface area (Å²) in [4.78, 5) is 0.983. The molecule has 0 aromatic heterocycles. The zero-order valence-corrected chi connectivity index (χ0v) is 12.3. The van der Waals surface area contributed by atoms with Crippen LogP contribution in [0.15, 0.2) is 58.3 Å². The largest absolute Gasteiger partial charge is 0.278 e. The first kappa shape index (κ1) is 14.4. The van der Waals surface area contributed by atoms with Gasteiger partial charge < -0.3 is 0 Å². The van der Waals surface area contributed by atoms with Gasteiger partial charge in [-0.25, -0.2) is 8.42 Å². The standard InChI is InChI=1S/C14H12N2O2S2/c1-19-14-5-3-2-4-13(14)16-20(17,18)12-8-6-11(10-15)7-9-12/h2-9,16H,1H3. The zero-order chi connectivity index (χ0) is 14.6. The van der Waals surface area contributed by atoms with Crippen LogP contribution in [0.5, 0.6) is 0 Å². The highest BCUT2D eigenvalue weighted by Crippen LogP contribution is 2.27. The van der Waals surface area contributed by atoms with E-state index in [-0.39, 0.29) is 4.90 Å². The van der Waals surface area contributed by atoms with E-state index in [4.69, 9.17) is 5.26 Å². The minimum absolute atomic E-state index is 0.132. The van der Waals surface area contributed by atoms with E-state index >= 15 is 0 Å². The van der Waals surface area contributed by atoms with Gasteiger partial charge in [0.2, 0.25) is 0 Å². The summed E-state index contributed by atoms with van der Waals surface area (Å²) in [6.07, 6.45) is 1.88. The summed E-state index contributed by atoms with van der Waals surface area (Å²) in [5.41, 5.74) is 0.970. The molecule has 0 bridgehead atoms. The summed E-state index contributed by atoms with van der Waals surface area (Å²) in [5, 5.41) is 8.72. The average Bonchev–Trinajstić information content (AvgIpc) is 2.47. The topological polar surface area (TPSA) is 70.0 Å². The number of nitrogens with one attached hydrogen (secondary N) is 1. The molecule has 0 fully saturated rings. The van der Waals surface area contributed by atoms with Crippen molar-refractivity contribution in [2.24, 2.45) is 0 Å². The number of anilines is 1. The molecule has 0 aliphatic carbocycles. The van der Waals surface area contributed by atoms with Crippen LogP contribution < -0.4 is 4.72 Å². The van der Waals surface area contributed by atoms with Gasteiger partial charge in [-0.05, 0) is 42.7 Å². The Balaban J connectivity index is 2.33. The van der Waals surface area contributed by atoms with Crippen LogP contribution in [0.3, 0.4) is 0 Å². The molecule has 0 radical (unpaired) electrons. The number of para-hydroxylation sites is 1. The lowest BCUT2D eigenvalue weighted by Crippen LogP contribution is -2.13. The normalized spacial score (nSPS) is 10.8. The number of thioether (sulfide) groups is 1. The maximum atomic E-state index is 12.3. The molecule has 0 heterocycles. The van der Waals surface area contributed by atoms with Gasteiger partial charge in [0.05, 0.1) is 22.2 Å². The number of sulfonamides is 1. The van der Waals surface area contributed by atoms with Gasteiger partial charge in [-0.2, -0.15) is 5.26 Å². The molecule has 0 spiro atoms. The SMILES string of the molecule is CSc1ccccc1NS(=O)(=O)c1ccc(C#N)cc1. The van der Waals surface area contributed by atoms with Crippen molar-refractivity contribution in [3.8, 4) is 6.07 Å². The van der Waals surface area contributed by atoms with E-state index in [0.29, 0.717) is 11.3 Å². The third-order valence-corrected chi connectivity index (χ3v) is 4.82. The van der Waals surface area contributed by atoms with Crippen LogP contribution in [-0.4, -0.2) is 14.7 Å². The van der Waals surface area contributed by atoms with Crippen molar-refractivity contribution in [1.29, 1.82) is 5.26 Å². The van der Waals surface area contributed by atoms with Gasteiger partial charge in [-0.15, -0.1) is 11.8 Å². The Bertz CT molecular complexity index is 747. The molecule has 0 aliphatic heterocycles. The maximum Gasteiger partial charge on any atom is 0.261 e. The highest BCUT2D eigenvalue weighted by molar-refractivity contribution is 7.99. The first-order valence-electron chi connectivity index (χ1n) is 5.73. The van der Waals surface area contributed by atoms with E-state index in [2.05, 4.69) is 4.72 Å². The van der Waals surface area contributed by atoms with Crippen molar-refractivity contribution in [3.63, 3.8) is 0 Å². The third kappa shape index (κ3) is 3.13. The van der Waals surface area contributed by atoms with Crippen LogP contribution in [0.4, 0.5) is 5.69 Å². The van der Waals surface area contributed by atoms with E-state index in [9.17, 15) is 8.42 Å². The lowest BCUT2D eigenvalue weighted by Gasteiger charge is -2.11. The summed E-state index contributed by atoms with van der Waals surface area (Å²) in [5.74, 6) is 0. The summed E-state index contributed by atoms with van der Waals surface area (Å²) in [7, 11) is -3.64. The van der Waals surface area contributed by atoms with Crippen molar-refractivity contribution >= 4 is 27.5 Å². The Labute approximate surface area is 122 Å². The highest BCUT2D eigenvalue weighted by Gasteiger charge is 2.15. The van der Waals surface area contributed by atoms with Crippen molar-refractivity contribution in [2.45, 2.75) is 9.79 Å². The number of hydrogen-bond donors (Lipinski definition) is 1. The molecule has 4 nitrogen and oxygen atoms in total. The van der Waals surface area contributed by atoms with Crippen LogP contribution in [0.2, 0.25) is 0 Å². The van der Waals surface area contributed by atoms with Crippen molar-refractivity contribution in [3.05, 3.63) is 54.1 Å². The van der Waals surface area contributed by atoms with Crippen molar-refractivity contribution in [1.82, 2.24) is 0 Å².